The Hall–Kier alpha value is -2.00. The number of Topliss-reactive ketones (excluding diaryl/α,β-unsaturated/α-hetero) is 1. The molecule has 3 nitrogen and oxygen atoms in total. The van der Waals surface area contributed by atoms with Gasteiger partial charge in [-0.15, -0.1) is 0 Å². The molecular formula is C24H28N2O+2. The molecule has 1 N–H and O–H groups in total. The molecule has 1 saturated heterocycles. The third-order valence-corrected chi connectivity index (χ3v) is 7.29. The standard InChI is InChI=1S/C24H27N2O/c27-24-20-8-4-12-26-11-3-7-18(23(20)26)15-21(24)19-13-16-5-1-9-25-10-2-6-17(14-19)22(16)25/h13-15H,1-12H2/q+1/p+1. The van der Waals surface area contributed by atoms with Crippen LogP contribution < -0.4 is 20.1 Å². The maximum absolute atomic E-state index is 13.5. The zero-order chi connectivity index (χ0) is 18.0. The summed E-state index contributed by atoms with van der Waals surface area (Å²) in [4.78, 5) is 15.0. The lowest BCUT2D eigenvalue weighted by Gasteiger charge is -2.35. The lowest BCUT2D eigenvalue weighted by molar-refractivity contribution is -0.864. The number of carbonyl (C=O) groups excluding carboxylic acids is 1. The van der Waals surface area contributed by atoms with E-state index in [0.29, 0.717) is 5.78 Å². The van der Waals surface area contributed by atoms with E-state index in [2.05, 4.69) is 22.8 Å². The number of nitrogens with zero attached hydrogens (tertiary/aromatic N) is 1. The molecule has 0 saturated carbocycles. The van der Waals surface area contributed by atoms with Crippen LogP contribution in [0.1, 0.15) is 49.7 Å². The quantitative estimate of drug-likeness (QED) is 0.668. The number of hydrogen-bond acceptors (Lipinski definition) is 1. The van der Waals surface area contributed by atoms with Crippen molar-refractivity contribution in [1.29, 1.82) is 0 Å². The Balaban J connectivity index is 1.60. The lowest BCUT2D eigenvalue weighted by Crippen LogP contribution is -3.12. The van der Waals surface area contributed by atoms with Gasteiger partial charge in [-0.25, -0.2) is 4.58 Å². The van der Waals surface area contributed by atoms with Gasteiger partial charge >= 0.3 is 0 Å². The Morgan fingerprint density at radius 2 is 1.56 bits per heavy atom. The normalized spacial score (nSPS) is 26.6. The van der Waals surface area contributed by atoms with Crippen LogP contribution in [-0.2, 0) is 17.6 Å². The number of ketones is 1. The van der Waals surface area contributed by atoms with E-state index < -0.39 is 0 Å². The van der Waals surface area contributed by atoms with Gasteiger partial charge in [-0.1, -0.05) is 0 Å². The van der Waals surface area contributed by atoms with E-state index in [-0.39, 0.29) is 0 Å². The predicted molar refractivity (Wildman–Crippen MR) is 106 cm³/mol. The van der Waals surface area contributed by atoms with Gasteiger partial charge in [0, 0.05) is 48.0 Å². The van der Waals surface area contributed by atoms with E-state index in [4.69, 9.17) is 0 Å². The molecular weight excluding hydrogens is 332 g/mol. The van der Waals surface area contributed by atoms with Crippen LogP contribution in [0.3, 0.4) is 0 Å². The zero-order valence-electron chi connectivity index (χ0n) is 16.1. The van der Waals surface area contributed by atoms with E-state index in [1.807, 2.05) is 0 Å². The first kappa shape index (κ1) is 16.0. The van der Waals surface area contributed by atoms with Gasteiger partial charge in [0.2, 0.25) is 5.36 Å². The Morgan fingerprint density at radius 1 is 0.852 bits per heavy atom. The highest BCUT2D eigenvalue weighted by atomic mass is 16.1. The van der Waals surface area contributed by atoms with Crippen molar-refractivity contribution < 1.29 is 9.69 Å². The van der Waals surface area contributed by atoms with Crippen molar-refractivity contribution in [2.75, 3.05) is 26.2 Å². The van der Waals surface area contributed by atoms with E-state index in [9.17, 15) is 4.79 Å². The van der Waals surface area contributed by atoms with Crippen molar-refractivity contribution in [3.63, 3.8) is 0 Å². The second-order valence-corrected chi connectivity index (χ2v) is 8.91. The van der Waals surface area contributed by atoms with Gasteiger partial charge in [-0.05, 0) is 49.1 Å². The zero-order valence-corrected chi connectivity index (χ0v) is 16.1. The number of quaternary nitrogens is 1. The predicted octanol–water partition coefficient (Wildman–Crippen LogP) is 0.457. The fraction of sp³-hybridized carbons (Fsp3) is 0.500. The fourth-order valence-electron chi connectivity index (χ4n) is 6.18. The second kappa shape index (κ2) is 6.00. The Morgan fingerprint density at radius 3 is 2.30 bits per heavy atom. The number of rotatable bonds is 0. The Bertz CT molecular complexity index is 1020. The molecule has 0 bridgehead atoms. The average Bonchev–Trinajstić information content (AvgIpc) is 2.71. The molecule has 138 valence electrons. The van der Waals surface area contributed by atoms with Crippen LogP contribution in [0.2, 0.25) is 0 Å². The Labute approximate surface area is 160 Å². The smallest absolute Gasteiger partial charge is 0.206 e. The highest BCUT2D eigenvalue weighted by Crippen LogP contribution is 2.32. The largest absolute Gasteiger partial charge is 0.302 e. The minimum Gasteiger partial charge on any atom is -0.302 e. The van der Waals surface area contributed by atoms with Crippen molar-refractivity contribution in [1.82, 2.24) is 4.58 Å². The van der Waals surface area contributed by atoms with Crippen molar-refractivity contribution >= 4 is 11.4 Å². The molecule has 1 aromatic rings. The molecule has 4 heterocycles. The molecule has 1 fully saturated rings. The molecule has 5 aliphatic rings. The molecule has 0 amide bonds. The molecule has 27 heavy (non-hydrogen) atoms. The fourth-order valence-corrected chi connectivity index (χ4v) is 6.18. The van der Waals surface area contributed by atoms with Crippen molar-refractivity contribution in [2.45, 2.75) is 51.4 Å². The number of nitrogens with one attached hydrogen (secondary N) is 1. The van der Waals surface area contributed by atoms with Crippen LogP contribution in [0, 0.1) is 0 Å². The summed E-state index contributed by atoms with van der Waals surface area (Å²) < 4.78 is 2.58. The molecule has 0 spiro atoms. The molecule has 1 atom stereocenters. The molecule has 1 unspecified atom stereocenters. The summed E-state index contributed by atoms with van der Waals surface area (Å²) in [5.74, 6) is 0.323. The van der Waals surface area contributed by atoms with Crippen molar-refractivity contribution in [3.8, 4) is 0 Å². The molecule has 4 aliphatic heterocycles. The first-order valence-corrected chi connectivity index (χ1v) is 10.9. The molecule has 1 aliphatic carbocycles. The summed E-state index contributed by atoms with van der Waals surface area (Å²) in [5.41, 5.74) is 7.91. The minimum atomic E-state index is 0.323. The molecule has 0 radical (unpaired) electrons. The van der Waals surface area contributed by atoms with E-state index >= 15 is 0 Å². The van der Waals surface area contributed by atoms with Crippen LogP contribution in [0.5, 0.6) is 0 Å². The molecule has 0 aromatic heterocycles. The number of benzene rings is 1. The van der Waals surface area contributed by atoms with Crippen LogP contribution in [0.25, 0.3) is 5.57 Å². The average molecular weight is 361 g/mol. The van der Waals surface area contributed by atoms with Gasteiger partial charge in [0.15, 0.2) is 5.78 Å². The van der Waals surface area contributed by atoms with Gasteiger partial charge in [0.05, 0.1) is 18.7 Å². The number of carbonyl (C=O) groups is 1. The van der Waals surface area contributed by atoms with Gasteiger partial charge < -0.3 is 4.90 Å². The summed E-state index contributed by atoms with van der Waals surface area (Å²) in [5, 5.41) is 2.69. The lowest BCUT2D eigenvalue weighted by atomic mass is 9.81. The topological polar surface area (TPSA) is 24.5 Å². The summed E-state index contributed by atoms with van der Waals surface area (Å²) in [6.45, 7) is 4.82. The third kappa shape index (κ3) is 2.37. The summed E-state index contributed by atoms with van der Waals surface area (Å²) in [6, 6.07) is 4.70. The van der Waals surface area contributed by atoms with Gasteiger partial charge in [-0.3, -0.25) is 4.79 Å². The molecule has 1 aromatic carbocycles. The Kier molecular flexibility index (Phi) is 3.56. The SMILES string of the molecule is O=C1C2=C3C(=CC1=c1cc4c5c(c1)CCC[N+]=5CCC4)CCC[NH+]3CCC2. The highest BCUT2D eigenvalue weighted by molar-refractivity contribution is 6.28. The monoisotopic (exact) mass is 360 g/mol. The molecule has 3 heteroatoms. The van der Waals surface area contributed by atoms with Gasteiger partial charge in [-0.2, -0.15) is 0 Å². The van der Waals surface area contributed by atoms with E-state index in [0.717, 1.165) is 43.3 Å². The van der Waals surface area contributed by atoms with Crippen molar-refractivity contribution in [3.05, 3.63) is 56.8 Å². The highest BCUT2D eigenvalue weighted by Gasteiger charge is 2.38. The third-order valence-electron chi connectivity index (χ3n) is 7.29. The number of piperidine rings is 1. The number of hydrogen-bond donors (Lipinski definition) is 1. The second-order valence-electron chi connectivity index (χ2n) is 8.91. The number of aryl methyl sites for hydroxylation is 2. The number of allylic oxidation sites excluding steroid dienone is 3. The van der Waals surface area contributed by atoms with E-state index in [1.165, 1.54) is 78.4 Å². The summed E-state index contributed by atoms with van der Waals surface area (Å²) in [7, 11) is 0. The van der Waals surface area contributed by atoms with Crippen LogP contribution >= 0.6 is 0 Å². The summed E-state index contributed by atoms with van der Waals surface area (Å²) in [6.07, 6.45) is 11.6. The minimum absolute atomic E-state index is 0.323. The van der Waals surface area contributed by atoms with Crippen molar-refractivity contribution in [2.24, 2.45) is 0 Å². The maximum Gasteiger partial charge on any atom is 0.206 e. The van der Waals surface area contributed by atoms with Crippen LogP contribution in [0.15, 0.2) is 35.1 Å². The maximum atomic E-state index is 13.5. The molecule has 6 rings (SSSR count). The van der Waals surface area contributed by atoms with Gasteiger partial charge in [0.25, 0.3) is 0 Å². The van der Waals surface area contributed by atoms with Crippen LogP contribution in [0.4, 0.5) is 0 Å². The first-order valence-electron chi connectivity index (χ1n) is 10.9. The van der Waals surface area contributed by atoms with E-state index in [1.54, 1.807) is 4.90 Å². The summed E-state index contributed by atoms with van der Waals surface area (Å²) >= 11 is 0. The van der Waals surface area contributed by atoms with Gasteiger partial charge in [0.1, 0.15) is 18.8 Å². The first-order chi connectivity index (χ1) is 13.3. The van der Waals surface area contributed by atoms with Crippen LogP contribution in [-0.4, -0.2) is 32.0 Å².